The van der Waals surface area contributed by atoms with Gasteiger partial charge in [0.2, 0.25) is 0 Å². The van der Waals surface area contributed by atoms with Crippen molar-refractivity contribution in [3.05, 3.63) is 0 Å². The largest absolute Gasteiger partial charge is 0.380 e. The molecule has 96 valence electrons. The standard InChI is InChI=1S/C14H29NO/c1-5-9-15-13(10-11(3)6-2)14(16-4)12-7-8-12/h11-15H,5-10H2,1-4H3. The zero-order chi connectivity index (χ0) is 12.0. The summed E-state index contributed by atoms with van der Waals surface area (Å²) in [5, 5.41) is 3.68. The Balaban J connectivity index is 2.45. The molecule has 0 saturated heterocycles. The summed E-state index contributed by atoms with van der Waals surface area (Å²) in [4.78, 5) is 0. The minimum Gasteiger partial charge on any atom is -0.380 e. The molecule has 1 aliphatic rings. The highest BCUT2D eigenvalue weighted by atomic mass is 16.5. The van der Waals surface area contributed by atoms with E-state index in [1.807, 2.05) is 7.11 Å². The molecule has 1 rings (SSSR count). The molecule has 0 radical (unpaired) electrons. The van der Waals surface area contributed by atoms with Crippen LogP contribution in [0.1, 0.15) is 52.9 Å². The molecule has 0 aromatic heterocycles. The van der Waals surface area contributed by atoms with E-state index in [4.69, 9.17) is 4.74 Å². The van der Waals surface area contributed by atoms with Crippen LogP contribution in [0.2, 0.25) is 0 Å². The third-order valence-corrected chi connectivity index (χ3v) is 3.77. The second kappa shape index (κ2) is 7.29. The minimum atomic E-state index is 0.445. The van der Waals surface area contributed by atoms with Gasteiger partial charge in [-0.05, 0) is 44.1 Å². The van der Waals surface area contributed by atoms with Crippen LogP contribution < -0.4 is 5.32 Å². The average molecular weight is 227 g/mol. The maximum absolute atomic E-state index is 5.72. The van der Waals surface area contributed by atoms with Gasteiger partial charge in [0.25, 0.3) is 0 Å². The van der Waals surface area contributed by atoms with Gasteiger partial charge in [0.1, 0.15) is 0 Å². The van der Waals surface area contributed by atoms with Gasteiger partial charge >= 0.3 is 0 Å². The molecule has 2 heteroatoms. The van der Waals surface area contributed by atoms with Crippen molar-refractivity contribution in [1.29, 1.82) is 0 Å². The van der Waals surface area contributed by atoms with Crippen LogP contribution in [0.25, 0.3) is 0 Å². The lowest BCUT2D eigenvalue weighted by Crippen LogP contribution is -2.43. The molecule has 0 spiro atoms. The quantitative estimate of drug-likeness (QED) is 0.653. The summed E-state index contributed by atoms with van der Waals surface area (Å²) in [6.45, 7) is 7.97. The third-order valence-electron chi connectivity index (χ3n) is 3.77. The molecule has 0 heterocycles. The summed E-state index contributed by atoms with van der Waals surface area (Å²) < 4.78 is 5.72. The van der Waals surface area contributed by atoms with Crippen LogP contribution in [0, 0.1) is 11.8 Å². The van der Waals surface area contributed by atoms with Gasteiger partial charge < -0.3 is 10.1 Å². The van der Waals surface area contributed by atoms with E-state index in [9.17, 15) is 0 Å². The number of hydrogen-bond donors (Lipinski definition) is 1. The van der Waals surface area contributed by atoms with Crippen molar-refractivity contribution in [3.8, 4) is 0 Å². The normalized spacial score (nSPS) is 21.8. The van der Waals surface area contributed by atoms with Crippen LogP contribution in [0.15, 0.2) is 0 Å². The van der Waals surface area contributed by atoms with Gasteiger partial charge in [-0.1, -0.05) is 27.2 Å². The lowest BCUT2D eigenvalue weighted by molar-refractivity contribution is 0.0436. The molecule has 0 aromatic rings. The van der Waals surface area contributed by atoms with Crippen LogP contribution in [-0.4, -0.2) is 25.8 Å². The monoisotopic (exact) mass is 227 g/mol. The zero-order valence-corrected chi connectivity index (χ0v) is 11.5. The molecule has 0 aromatic carbocycles. The molecule has 1 fully saturated rings. The van der Waals surface area contributed by atoms with Gasteiger partial charge in [0.15, 0.2) is 0 Å². The van der Waals surface area contributed by atoms with Crippen molar-refractivity contribution < 1.29 is 4.74 Å². The smallest absolute Gasteiger partial charge is 0.0752 e. The lowest BCUT2D eigenvalue weighted by Gasteiger charge is -2.29. The van der Waals surface area contributed by atoms with Crippen LogP contribution >= 0.6 is 0 Å². The Bertz CT molecular complexity index is 180. The number of rotatable bonds is 9. The molecule has 1 N–H and O–H groups in total. The second-order valence-electron chi connectivity index (χ2n) is 5.35. The summed E-state index contributed by atoms with van der Waals surface area (Å²) in [6, 6.07) is 0.562. The summed E-state index contributed by atoms with van der Waals surface area (Å²) >= 11 is 0. The van der Waals surface area contributed by atoms with E-state index in [0.29, 0.717) is 12.1 Å². The number of methoxy groups -OCH3 is 1. The van der Waals surface area contributed by atoms with Crippen molar-refractivity contribution in [2.75, 3.05) is 13.7 Å². The molecular formula is C14H29NO. The SMILES string of the molecule is CCCNC(CC(C)CC)C(OC)C1CC1. The van der Waals surface area contributed by atoms with Crippen LogP contribution in [-0.2, 0) is 4.74 Å². The topological polar surface area (TPSA) is 21.3 Å². The van der Waals surface area contributed by atoms with Crippen LogP contribution in [0.5, 0.6) is 0 Å². The molecule has 2 nitrogen and oxygen atoms in total. The van der Waals surface area contributed by atoms with Crippen molar-refractivity contribution in [2.24, 2.45) is 11.8 Å². The Hall–Kier alpha value is -0.0800. The average Bonchev–Trinajstić information content (AvgIpc) is 3.10. The Labute approximate surface area is 101 Å². The molecule has 0 aliphatic heterocycles. The van der Waals surface area contributed by atoms with Gasteiger partial charge in [0, 0.05) is 13.2 Å². The van der Waals surface area contributed by atoms with E-state index in [-0.39, 0.29) is 0 Å². The maximum Gasteiger partial charge on any atom is 0.0752 e. The first-order valence-electron chi connectivity index (χ1n) is 6.99. The molecule has 0 bridgehead atoms. The van der Waals surface area contributed by atoms with Crippen molar-refractivity contribution in [2.45, 2.75) is 65.0 Å². The molecule has 1 aliphatic carbocycles. The van der Waals surface area contributed by atoms with E-state index in [1.165, 1.54) is 32.1 Å². The van der Waals surface area contributed by atoms with E-state index >= 15 is 0 Å². The molecule has 3 unspecified atom stereocenters. The lowest BCUT2D eigenvalue weighted by atomic mass is 9.93. The minimum absolute atomic E-state index is 0.445. The highest BCUT2D eigenvalue weighted by molar-refractivity contribution is 4.90. The fourth-order valence-electron chi connectivity index (χ4n) is 2.37. The summed E-state index contributed by atoms with van der Waals surface area (Å²) in [5.74, 6) is 1.62. The highest BCUT2D eigenvalue weighted by Crippen LogP contribution is 2.36. The van der Waals surface area contributed by atoms with E-state index in [2.05, 4.69) is 26.1 Å². The predicted molar refractivity (Wildman–Crippen MR) is 69.7 cm³/mol. The molecule has 16 heavy (non-hydrogen) atoms. The van der Waals surface area contributed by atoms with E-state index in [0.717, 1.165) is 18.4 Å². The first-order chi connectivity index (χ1) is 7.72. The predicted octanol–water partition coefficient (Wildman–Crippen LogP) is 3.22. The Kier molecular flexibility index (Phi) is 6.37. The Morgan fingerprint density at radius 3 is 2.44 bits per heavy atom. The second-order valence-corrected chi connectivity index (χ2v) is 5.35. The number of hydrogen-bond acceptors (Lipinski definition) is 2. The summed E-state index contributed by atoms with van der Waals surface area (Å²) in [6.07, 6.45) is 6.90. The first-order valence-corrected chi connectivity index (χ1v) is 6.99. The van der Waals surface area contributed by atoms with Crippen molar-refractivity contribution in [3.63, 3.8) is 0 Å². The molecular weight excluding hydrogens is 198 g/mol. The van der Waals surface area contributed by atoms with Gasteiger partial charge in [-0.25, -0.2) is 0 Å². The number of nitrogens with one attached hydrogen (secondary N) is 1. The fourth-order valence-corrected chi connectivity index (χ4v) is 2.37. The molecule has 3 atom stereocenters. The Morgan fingerprint density at radius 1 is 1.31 bits per heavy atom. The molecule has 1 saturated carbocycles. The van der Waals surface area contributed by atoms with Gasteiger partial charge in [-0.15, -0.1) is 0 Å². The summed E-state index contributed by atoms with van der Waals surface area (Å²) in [5.41, 5.74) is 0. The number of ether oxygens (including phenoxy) is 1. The van der Waals surface area contributed by atoms with Crippen molar-refractivity contribution in [1.82, 2.24) is 5.32 Å². The van der Waals surface area contributed by atoms with Crippen LogP contribution in [0.3, 0.4) is 0 Å². The van der Waals surface area contributed by atoms with Gasteiger partial charge in [0.05, 0.1) is 6.10 Å². The van der Waals surface area contributed by atoms with Gasteiger partial charge in [-0.3, -0.25) is 0 Å². The molecule has 0 amide bonds. The fraction of sp³-hybridized carbons (Fsp3) is 1.00. The zero-order valence-electron chi connectivity index (χ0n) is 11.5. The summed E-state index contributed by atoms with van der Waals surface area (Å²) in [7, 11) is 1.88. The first kappa shape index (κ1) is 14.0. The van der Waals surface area contributed by atoms with E-state index in [1.54, 1.807) is 0 Å². The Morgan fingerprint density at radius 2 is 2.00 bits per heavy atom. The van der Waals surface area contributed by atoms with Crippen molar-refractivity contribution >= 4 is 0 Å². The third kappa shape index (κ3) is 4.42. The van der Waals surface area contributed by atoms with Crippen LogP contribution in [0.4, 0.5) is 0 Å². The maximum atomic E-state index is 5.72. The highest BCUT2D eigenvalue weighted by Gasteiger charge is 2.36. The van der Waals surface area contributed by atoms with E-state index < -0.39 is 0 Å². The van der Waals surface area contributed by atoms with Gasteiger partial charge in [-0.2, -0.15) is 0 Å².